The molecule has 5 heteroatoms. The average Bonchev–Trinajstić information content (AvgIpc) is 2.65. The highest BCUT2D eigenvalue weighted by Crippen LogP contribution is 2.06. The van der Waals surface area contributed by atoms with Crippen LogP contribution in [-0.2, 0) is 13.5 Å². The fourth-order valence-corrected chi connectivity index (χ4v) is 1.38. The highest BCUT2D eigenvalue weighted by Gasteiger charge is 2.11. The minimum Gasteiger partial charge on any atom is -0.294 e. The molecule has 1 heterocycles. The molecule has 5 nitrogen and oxygen atoms in total. The zero-order valence-corrected chi connectivity index (χ0v) is 9.21. The van der Waals surface area contributed by atoms with E-state index < -0.39 is 0 Å². The van der Waals surface area contributed by atoms with Gasteiger partial charge in [0.1, 0.15) is 0 Å². The summed E-state index contributed by atoms with van der Waals surface area (Å²) < 4.78 is 1.51. The number of ketones is 1. The molecule has 0 spiro atoms. The molecule has 0 N–H and O–H groups in total. The summed E-state index contributed by atoms with van der Waals surface area (Å²) in [6.07, 6.45) is 0.229. The summed E-state index contributed by atoms with van der Waals surface area (Å²) in [6, 6.07) is 7.48. The second kappa shape index (κ2) is 4.22. The highest BCUT2D eigenvalue weighted by atomic mass is 16.1. The van der Waals surface area contributed by atoms with Gasteiger partial charge in [-0.3, -0.25) is 4.79 Å². The van der Waals surface area contributed by atoms with E-state index in [0.29, 0.717) is 11.4 Å². The molecule has 82 valence electrons. The molecular weight excluding hydrogens is 204 g/mol. The normalized spacial score (nSPS) is 10.4. The number of carbonyl (C=O) groups excluding carboxylic acids is 1. The Morgan fingerprint density at radius 3 is 2.56 bits per heavy atom. The Balaban J connectivity index is 2.15. The van der Waals surface area contributed by atoms with Gasteiger partial charge in [-0.15, -0.1) is 5.10 Å². The predicted molar refractivity (Wildman–Crippen MR) is 58.0 cm³/mol. The number of tetrazole rings is 1. The topological polar surface area (TPSA) is 60.7 Å². The third-order valence-corrected chi connectivity index (χ3v) is 2.40. The lowest BCUT2D eigenvalue weighted by atomic mass is 10.1. The molecule has 0 aliphatic heterocycles. The molecule has 16 heavy (non-hydrogen) atoms. The van der Waals surface area contributed by atoms with Crippen LogP contribution in [0, 0.1) is 6.92 Å². The Morgan fingerprint density at radius 2 is 2.00 bits per heavy atom. The van der Waals surface area contributed by atoms with Gasteiger partial charge in [0.15, 0.2) is 11.6 Å². The molecule has 0 saturated heterocycles. The summed E-state index contributed by atoms with van der Waals surface area (Å²) in [5.74, 6) is 0.600. The zero-order valence-electron chi connectivity index (χ0n) is 9.21. The van der Waals surface area contributed by atoms with Crippen molar-refractivity contribution < 1.29 is 4.79 Å². The number of nitrogens with zero attached hydrogens (tertiary/aromatic N) is 4. The van der Waals surface area contributed by atoms with Crippen molar-refractivity contribution >= 4 is 5.78 Å². The second-order valence-corrected chi connectivity index (χ2v) is 3.68. The van der Waals surface area contributed by atoms with Crippen molar-refractivity contribution in [3.63, 3.8) is 0 Å². The number of benzene rings is 1. The van der Waals surface area contributed by atoms with Crippen molar-refractivity contribution in [2.75, 3.05) is 0 Å². The molecule has 1 aromatic carbocycles. The number of hydrogen-bond acceptors (Lipinski definition) is 4. The monoisotopic (exact) mass is 216 g/mol. The molecule has 2 aromatic rings. The van der Waals surface area contributed by atoms with Gasteiger partial charge in [0.2, 0.25) is 0 Å². The first-order valence-corrected chi connectivity index (χ1v) is 4.98. The Bertz CT molecular complexity index is 501. The maximum Gasteiger partial charge on any atom is 0.170 e. The summed E-state index contributed by atoms with van der Waals surface area (Å²) in [4.78, 5) is 11.9. The van der Waals surface area contributed by atoms with E-state index >= 15 is 0 Å². The molecule has 0 aliphatic rings. The minimum absolute atomic E-state index is 0.0258. The van der Waals surface area contributed by atoms with Crippen molar-refractivity contribution in [2.45, 2.75) is 13.3 Å². The molecule has 0 amide bonds. The van der Waals surface area contributed by atoms with E-state index in [2.05, 4.69) is 15.5 Å². The molecule has 0 aliphatic carbocycles. The van der Waals surface area contributed by atoms with Gasteiger partial charge in [0.25, 0.3) is 0 Å². The third kappa shape index (κ3) is 2.13. The van der Waals surface area contributed by atoms with Crippen LogP contribution in [0.25, 0.3) is 0 Å². The van der Waals surface area contributed by atoms with Crippen LogP contribution >= 0.6 is 0 Å². The molecule has 2 rings (SSSR count). The average molecular weight is 216 g/mol. The number of Topliss-reactive ketones (excluding diaryl/α,β-unsaturated/α-hetero) is 1. The van der Waals surface area contributed by atoms with Gasteiger partial charge in [-0.25, -0.2) is 4.68 Å². The van der Waals surface area contributed by atoms with E-state index in [-0.39, 0.29) is 12.2 Å². The van der Waals surface area contributed by atoms with Gasteiger partial charge in [-0.2, -0.15) is 0 Å². The smallest absolute Gasteiger partial charge is 0.170 e. The molecule has 0 saturated carbocycles. The molecule has 0 unspecified atom stereocenters. The van der Waals surface area contributed by atoms with Crippen LogP contribution in [0.15, 0.2) is 24.3 Å². The Labute approximate surface area is 93.1 Å². The van der Waals surface area contributed by atoms with Crippen molar-refractivity contribution in [3.05, 3.63) is 41.2 Å². The first-order valence-electron chi connectivity index (χ1n) is 4.98. The molecule has 0 radical (unpaired) electrons. The van der Waals surface area contributed by atoms with Crippen LogP contribution in [0.1, 0.15) is 21.7 Å². The Kier molecular flexibility index (Phi) is 2.76. The van der Waals surface area contributed by atoms with E-state index in [4.69, 9.17) is 0 Å². The lowest BCUT2D eigenvalue weighted by molar-refractivity contribution is 0.0989. The largest absolute Gasteiger partial charge is 0.294 e. The van der Waals surface area contributed by atoms with Gasteiger partial charge in [-0.1, -0.05) is 29.8 Å². The van der Waals surface area contributed by atoms with E-state index in [1.807, 2.05) is 31.2 Å². The van der Waals surface area contributed by atoms with Crippen LogP contribution in [0.3, 0.4) is 0 Å². The van der Waals surface area contributed by atoms with E-state index in [0.717, 1.165) is 5.56 Å². The Hall–Kier alpha value is -2.04. The van der Waals surface area contributed by atoms with Gasteiger partial charge in [-0.05, 0) is 17.4 Å². The second-order valence-electron chi connectivity index (χ2n) is 3.68. The molecule has 0 fully saturated rings. The predicted octanol–water partition coefficient (Wildman–Crippen LogP) is 0.944. The number of aryl methyl sites for hydroxylation is 2. The number of carbonyl (C=O) groups is 1. The maximum atomic E-state index is 11.9. The van der Waals surface area contributed by atoms with Crippen LogP contribution in [0.4, 0.5) is 0 Å². The Morgan fingerprint density at radius 1 is 1.31 bits per heavy atom. The molecular formula is C11H12N4O. The van der Waals surface area contributed by atoms with Crippen molar-refractivity contribution in [2.24, 2.45) is 7.05 Å². The number of rotatable bonds is 3. The van der Waals surface area contributed by atoms with Gasteiger partial charge >= 0.3 is 0 Å². The third-order valence-electron chi connectivity index (χ3n) is 2.40. The first kappa shape index (κ1) is 10.5. The van der Waals surface area contributed by atoms with Crippen LogP contribution in [-0.4, -0.2) is 26.0 Å². The fourth-order valence-electron chi connectivity index (χ4n) is 1.38. The maximum absolute atomic E-state index is 11.9. The number of hydrogen-bond donors (Lipinski definition) is 0. The van der Waals surface area contributed by atoms with Crippen molar-refractivity contribution in [3.8, 4) is 0 Å². The SMILES string of the molecule is Cc1ccc(C(=O)Cc2nnnn2C)cc1. The van der Waals surface area contributed by atoms with Gasteiger partial charge in [0, 0.05) is 12.6 Å². The fraction of sp³-hybridized carbons (Fsp3) is 0.273. The lowest BCUT2D eigenvalue weighted by Gasteiger charge is -2.00. The van der Waals surface area contributed by atoms with E-state index in [1.54, 1.807) is 7.05 Å². The summed E-state index contributed by atoms with van der Waals surface area (Å²) in [5.41, 5.74) is 1.82. The molecule has 1 aromatic heterocycles. The van der Waals surface area contributed by atoms with Crippen LogP contribution < -0.4 is 0 Å². The minimum atomic E-state index is 0.0258. The van der Waals surface area contributed by atoms with E-state index in [1.165, 1.54) is 4.68 Å². The van der Waals surface area contributed by atoms with Gasteiger partial charge in [0.05, 0.1) is 6.42 Å². The van der Waals surface area contributed by atoms with Crippen molar-refractivity contribution in [1.82, 2.24) is 20.2 Å². The van der Waals surface area contributed by atoms with E-state index in [9.17, 15) is 4.79 Å². The number of aromatic nitrogens is 4. The van der Waals surface area contributed by atoms with Crippen LogP contribution in [0.2, 0.25) is 0 Å². The quantitative estimate of drug-likeness (QED) is 0.716. The van der Waals surface area contributed by atoms with Crippen LogP contribution in [0.5, 0.6) is 0 Å². The summed E-state index contributed by atoms with van der Waals surface area (Å²) in [7, 11) is 1.72. The molecule has 0 atom stereocenters. The van der Waals surface area contributed by atoms with Crippen molar-refractivity contribution in [1.29, 1.82) is 0 Å². The summed E-state index contributed by atoms with van der Waals surface area (Å²) in [5, 5.41) is 11.0. The highest BCUT2D eigenvalue weighted by molar-refractivity contribution is 5.97. The zero-order chi connectivity index (χ0) is 11.5. The standard InChI is InChI=1S/C11H12N4O/c1-8-3-5-9(6-4-8)10(16)7-11-12-13-14-15(11)2/h3-6H,7H2,1-2H3. The van der Waals surface area contributed by atoms with Gasteiger partial charge < -0.3 is 0 Å². The molecule has 0 bridgehead atoms. The first-order chi connectivity index (χ1) is 7.66. The summed E-state index contributed by atoms with van der Waals surface area (Å²) in [6.45, 7) is 1.99. The lowest BCUT2D eigenvalue weighted by Crippen LogP contribution is -2.08. The summed E-state index contributed by atoms with van der Waals surface area (Å²) >= 11 is 0.